The average Bonchev–Trinajstić information content (AvgIpc) is 3.45. The van der Waals surface area contributed by atoms with Crippen molar-refractivity contribution in [3.63, 3.8) is 0 Å². The number of aliphatic hydroxyl groups excluding tert-OH is 1. The van der Waals surface area contributed by atoms with Gasteiger partial charge in [0.2, 0.25) is 5.78 Å². The zero-order valence-corrected chi connectivity index (χ0v) is 17.7. The molecule has 2 aliphatic heterocycles. The highest BCUT2D eigenvalue weighted by atomic mass is 35.5. The van der Waals surface area contributed by atoms with Crippen LogP contribution in [0.5, 0.6) is 0 Å². The zero-order chi connectivity index (χ0) is 22.2. The number of aliphatic hydroxyl groups is 1. The number of halogens is 1. The van der Waals surface area contributed by atoms with Gasteiger partial charge in [0.15, 0.2) is 17.4 Å². The number of hydrogen-bond donors (Lipinski definition) is 3. The van der Waals surface area contributed by atoms with E-state index in [1.165, 1.54) is 15.3 Å². The van der Waals surface area contributed by atoms with Crippen LogP contribution in [0.1, 0.15) is 6.23 Å². The Hall–Kier alpha value is -2.57. The minimum absolute atomic E-state index is 0.0693. The summed E-state index contributed by atoms with van der Waals surface area (Å²) in [6.07, 6.45) is -1.26. The number of nitrogens with zero attached hydrogens (tertiary/aromatic N) is 4. The Morgan fingerprint density at radius 2 is 2.06 bits per heavy atom. The van der Waals surface area contributed by atoms with Crippen molar-refractivity contribution in [3.8, 4) is 11.3 Å². The highest BCUT2D eigenvalue weighted by molar-refractivity contribution is 7.47. The summed E-state index contributed by atoms with van der Waals surface area (Å²) < 4.78 is 30.0. The summed E-state index contributed by atoms with van der Waals surface area (Å²) in [5.41, 5.74) is 1.29. The standard InChI is InChI=1S/C18H15ClN5O7P/c19-9-3-1-8(2-4-9)10-5-23-16(26)12-15(22-18(23)21-10)24(7-20-12)17-13(25)14-11(30-17)6-29-32(27,28)31-14/h1-5,7,11,13-14,17,25H,6H2,(H,21,22)(H,27,28)/t11-,13-,14-,17-/m1/s1. The summed E-state index contributed by atoms with van der Waals surface area (Å²) in [5.74, 6) is 0.263. The number of H-pyrrole nitrogens is 1. The molecule has 2 fully saturated rings. The molecule has 4 aromatic rings. The van der Waals surface area contributed by atoms with Gasteiger partial charge < -0.3 is 19.7 Å². The molecule has 3 aromatic heterocycles. The third kappa shape index (κ3) is 3.04. The molecule has 0 amide bonds. The molecular weight excluding hydrogens is 465 g/mol. The molecule has 0 spiro atoms. The first-order valence-electron chi connectivity index (χ1n) is 9.54. The molecule has 12 nitrogen and oxygen atoms in total. The van der Waals surface area contributed by atoms with E-state index in [0.717, 1.165) is 5.56 Å². The maximum atomic E-state index is 13.0. The second kappa shape index (κ2) is 6.96. The summed E-state index contributed by atoms with van der Waals surface area (Å²) in [6, 6.07) is 7.09. The maximum absolute atomic E-state index is 13.0. The number of aromatic amines is 1. The van der Waals surface area contributed by atoms with Crippen LogP contribution in [-0.2, 0) is 18.3 Å². The van der Waals surface area contributed by atoms with Crippen LogP contribution in [0.4, 0.5) is 0 Å². The van der Waals surface area contributed by atoms with Gasteiger partial charge in [-0.05, 0) is 17.7 Å². The fraction of sp³-hybridized carbons (Fsp3) is 0.278. The molecule has 14 heteroatoms. The molecule has 5 atom stereocenters. The van der Waals surface area contributed by atoms with Crippen molar-refractivity contribution in [2.45, 2.75) is 24.5 Å². The normalized spacial score (nSPS) is 30.2. The van der Waals surface area contributed by atoms with Gasteiger partial charge in [-0.15, -0.1) is 0 Å². The van der Waals surface area contributed by atoms with Crippen molar-refractivity contribution in [2.24, 2.45) is 0 Å². The van der Waals surface area contributed by atoms with Crippen LogP contribution in [0, 0.1) is 0 Å². The van der Waals surface area contributed by atoms with Gasteiger partial charge in [-0.2, -0.15) is 4.98 Å². The lowest BCUT2D eigenvalue weighted by Crippen LogP contribution is -2.39. The van der Waals surface area contributed by atoms with Crippen molar-refractivity contribution in [1.29, 1.82) is 0 Å². The summed E-state index contributed by atoms with van der Waals surface area (Å²) in [6.45, 7) is -0.222. The lowest BCUT2D eigenvalue weighted by molar-refractivity contribution is -0.0664. The van der Waals surface area contributed by atoms with Crippen LogP contribution in [0.25, 0.3) is 28.2 Å². The van der Waals surface area contributed by atoms with E-state index in [0.29, 0.717) is 10.7 Å². The van der Waals surface area contributed by atoms with Crippen LogP contribution in [0.2, 0.25) is 5.02 Å². The van der Waals surface area contributed by atoms with Gasteiger partial charge in [0.05, 0.1) is 18.6 Å². The fourth-order valence-corrected chi connectivity index (χ4v) is 5.09. The van der Waals surface area contributed by atoms with E-state index in [9.17, 15) is 19.4 Å². The lowest BCUT2D eigenvalue weighted by atomic mass is 10.1. The molecule has 0 saturated carbocycles. The highest BCUT2D eigenvalue weighted by Gasteiger charge is 2.52. The summed E-state index contributed by atoms with van der Waals surface area (Å²) in [5, 5.41) is 11.3. The monoisotopic (exact) mass is 479 g/mol. The van der Waals surface area contributed by atoms with Gasteiger partial charge in [0.25, 0.3) is 5.56 Å². The second-order valence-electron chi connectivity index (χ2n) is 7.50. The Kier molecular flexibility index (Phi) is 4.37. The Bertz CT molecular complexity index is 1460. The number of nitrogens with one attached hydrogen (secondary N) is 1. The summed E-state index contributed by atoms with van der Waals surface area (Å²) >= 11 is 5.94. The number of phosphoric ester groups is 1. The quantitative estimate of drug-likeness (QED) is 0.362. The second-order valence-corrected chi connectivity index (χ2v) is 9.34. The van der Waals surface area contributed by atoms with Gasteiger partial charge in [-0.25, -0.2) is 13.9 Å². The number of hydrogen-bond acceptors (Lipinski definition) is 8. The number of fused-ring (bicyclic) bond motifs is 3. The first-order valence-corrected chi connectivity index (χ1v) is 11.4. The van der Waals surface area contributed by atoms with Crippen molar-refractivity contribution in [3.05, 3.63) is 52.2 Å². The van der Waals surface area contributed by atoms with Crippen LogP contribution in [-0.4, -0.2) is 58.8 Å². The predicted octanol–water partition coefficient (Wildman–Crippen LogP) is 1.47. The van der Waals surface area contributed by atoms with E-state index < -0.39 is 37.9 Å². The molecular formula is C18H15ClN5O7P. The molecule has 6 rings (SSSR count). The van der Waals surface area contributed by atoms with E-state index >= 15 is 0 Å². The number of ether oxygens (including phenoxy) is 1. The molecule has 0 aliphatic carbocycles. The van der Waals surface area contributed by atoms with Gasteiger partial charge in [0.1, 0.15) is 18.3 Å². The SMILES string of the molecule is O=c1c2ncn([C@@H]3O[C@@H]4COP(=O)(O)O[C@H]4[C@H]3O)c2nc2[nH]c(-c3ccc(Cl)cc3)cn12. The molecule has 166 valence electrons. The smallest absolute Gasteiger partial charge is 0.386 e. The number of phosphoric acid groups is 1. The van der Waals surface area contributed by atoms with Crippen molar-refractivity contribution < 1.29 is 28.3 Å². The van der Waals surface area contributed by atoms with E-state index in [1.807, 2.05) is 12.1 Å². The van der Waals surface area contributed by atoms with Crippen LogP contribution < -0.4 is 5.56 Å². The third-order valence-electron chi connectivity index (χ3n) is 5.53. The van der Waals surface area contributed by atoms with Gasteiger partial charge >= 0.3 is 7.82 Å². The maximum Gasteiger partial charge on any atom is 0.472 e. The predicted molar refractivity (Wildman–Crippen MR) is 110 cm³/mol. The molecule has 5 heterocycles. The number of aromatic nitrogens is 5. The summed E-state index contributed by atoms with van der Waals surface area (Å²) in [4.78, 5) is 34.3. The number of imidazole rings is 2. The van der Waals surface area contributed by atoms with E-state index in [1.54, 1.807) is 18.3 Å². The molecule has 1 aromatic carbocycles. The zero-order valence-electron chi connectivity index (χ0n) is 16.0. The lowest BCUT2D eigenvalue weighted by Gasteiger charge is -2.27. The third-order valence-corrected chi connectivity index (χ3v) is 6.77. The van der Waals surface area contributed by atoms with Crippen molar-refractivity contribution >= 4 is 36.4 Å². The molecule has 2 saturated heterocycles. The Balaban J connectivity index is 1.43. The Labute approximate surface area is 183 Å². The molecule has 3 N–H and O–H groups in total. The number of rotatable bonds is 2. The van der Waals surface area contributed by atoms with Gasteiger partial charge in [-0.3, -0.25) is 18.4 Å². The van der Waals surface area contributed by atoms with E-state index in [-0.39, 0.29) is 23.5 Å². The fourth-order valence-electron chi connectivity index (χ4n) is 4.00. The first-order chi connectivity index (χ1) is 15.3. The van der Waals surface area contributed by atoms with E-state index in [4.69, 9.17) is 25.4 Å². The van der Waals surface area contributed by atoms with Gasteiger partial charge in [0, 0.05) is 11.2 Å². The van der Waals surface area contributed by atoms with Crippen LogP contribution in [0.15, 0.2) is 41.6 Å². The molecule has 1 unspecified atom stereocenters. The topological polar surface area (TPSA) is 153 Å². The molecule has 32 heavy (non-hydrogen) atoms. The van der Waals surface area contributed by atoms with Gasteiger partial charge in [-0.1, -0.05) is 23.7 Å². The first kappa shape index (κ1) is 20.1. The summed E-state index contributed by atoms with van der Waals surface area (Å²) in [7, 11) is -4.26. The average molecular weight is 480 g/mol. The Morgan fingerprint density at radius 1 is 1.28 bits per heavy atom. The Morgan fingerprint density at radius 3 is 2.84 bits per heavy atom. The van der Waals surface area contributed by atoms with Crippen LogP contribution in [0.3, 0.4) is 0 Å². The van der Waals surface area contributed by atoms with Crippen molar-refractivity contribution in [2.75, 3.05) is 6.61 Å². The van der Waals surface area contributed by atoms with Crippen molar-refractivity contribution in [1.82, 2.24) is 23.9 Å². The molecule has 0 radical (unpaired) electrons. The minimum Gasteiger partial charge on any atom is -0.386 e. The highest BCUT2D eigenvalue weighted by Crippen LogP contribution is 2.52. The molecule has 2 aliphatic rings. The minimum atomic E-state index is -4.26. The number of benzene rings is 1. The van der Waals surface area contributed by atoms with E-state index in [2.05, 4.69) is 15.0 Å². The molecule has 0 bridgehead atoms. The largest absolute Gasteiger partial charge is 0.472 e. The van der Waals surface area contributed by atoms with Crippen LogP contribution >= 0.6 is 19.4 Å².